The molecule has 4 N–H and O–H groups in total. The van der Waals surface area contributed by atoms with Gasteiger partial charge in [-0.05, 0) is 62.3 Å². The predicted octanol–water partition coefficient (Wildman–Crippen LogP) is 4.19. The molecule has 0 saturated carbocycles. The number of likely N-dealkylation sites (N-methyl/N-ethyl adjacent to an activating group) is 2. The molecule has 0 aliphatic heterocycles. The highest BCUT2D eigenvalue weighted by Crippen LogP contribution is 2.29. The lowest BCUT2D eigenvalue weighted by Crippen LogP contribution is -2.55. The van der Waals surface area contributed by atoms with Crippen molar-refractivity contribution >= 4 is 29.1 Å². The van der Waals surface area contributed by atoms with Gasteiger partial charge >= 0.3 is 0 Å². The van der Waals surface area contributed by atoms with E-state index in [0.717, 1.165) is 16.9 Å². The molecule has 0 radical (unpaired) electrons. The summed E-state index contributed by atoms with van der Waals surface area (Å²) in [5, 5.41) is 14.4. The van der Waals surface area contributed by atoms with Crippen LogP contribution in [-0.2, 0) is 20.8 Å². The van der Waals surface area contributed by atoms with Gasteiger partial charge in [-0.3, -0.25) is 14.4 Å². The summed E-state index contributed by atoms with van der Waals surface area (Å²) in [6, 6.07) is 12.4. The van der Waals surface area contributed by atoms with E-state index in [1.165, 1.54) is 32.8 Å². The Balaban J connectivity index is 1.86. The van der Waals surface area contributed by atoms with Crippen molar-refractivity contribution in [2.45, 2.75) is 76.1 Å². The Morgan fingerprint density at radius 1 is 1.09 bits per heavy atom. The average Bonchev–Trinajstić information content (AvgIpc) is 3.50. The van der Waals surface area contributed by atoms with Crippen molar-refractivity contribution in [3.63, 3.8) is 0 Å². The maximum atomic E-state index is 14.2. The van der Waals surface area contributed by atoms with Crippen molar-refractivity contribution in [2.24, 2.45) is 5.73 Å². The highest BCUT2D eigenvalue weighted by atomic mass is 32.1. The first-order valence-corrected chi connectivity index (χ1v) is 15.6. The van der Waals surface area contributed by atoms with Gasteiger partial charge in [0.1, 0.15) is 12.1 Å². The number of nitrogens with one attached hydrogen (secondary N) is 1. The van der Waals surface area contributed by atoms with Gasteiger partial charge in [0.15, 0.2) is 0 Å². The zero-order chi connectivity index (χ0) is 31.6. The van der Waals surface area contributed by atoms with E-state index >= 15 is 0 Å². The molecule has 1 heterocycles. The van der Waals surface area contributed by atoms with Crippen molar-refractivity contribution in [1.82, 2.24) is 15.1 Å². The summed E-state index contributed by atoms with van der Waals surface area (Å²) in [7, 11) is 3.23. The van der Waals surface area contributed by atoms with Crippen molar-refractivity contribution in [3.8, 4) is 0 Å². The van der Waals surface area contributed by atoms with E-state index < -0.39 is 23.7 Å². The van der Waals surface area contributed by atoms with E-state index in [2.05, 4.69) is 29.6 Å². The standard InChI is InChI=1S/C34H46N4O4S/c1-24(39)23-36-32(41)29(22-28-13-10-20-43-28)38(5)33(42)30(37(4)31(40)14-9-19-34(2,3)35)21-25-15-17-27(18-16-25)26-11-7-6-8-12-26/h6-17,20,24,27,29-30,39H,18-19,21-23,35H2,1-5H3,(H,36,41)/b14-9+/t24-,27?,29+,30+/m0/s1. The van der Waals surface area contributed by atoms with Crippen molar-refractivity contribution in [3.05, 3.63) is 94.2 Å². The number of hydrogen-bond donors (Lipinski definition) is 3. The first-order chi connectivity index (χ1) is 20.4. The minimum atomic E-state index is -0.840. The maximum absolute atomic E-state index is 14.2. The van der Waals surface area contributed by atoms with Gasteiger partial charge in [0.05, 0.1) is 6.10 Å². The van der Waals surface area contributed by atoms with Gasteiger partial charge in [0.25, 0.3) is 0 Å². The van der Waals surface area contributed by atoms with Gasteiger partial charge in [0.2, 0.25) is 17.7 Å². The molecule has 3 amide bonds. The van der Waals surface area contributed by atoms with E-state index in [4.69, 9.17) is 5.73 Å². The number of rotatable bonds is 14. The van der Waals surface area contributed by atoms with Crippen LogP contribution in [0.4, 0.5) is 0 Å². The largest absolute Gasteiger partial charge is 0.392 e. The molecule has 0 spiro atoms. The van der Waals surface area contributed by atoms with Crippen LogP contribution in [0.3, 0.4) is 0 Å². The van der Waals surface area contributed by atoms with Gasteiger partial charge in [-0.25, -0.2) is 0 Å². The number of benzene rings is 1. The molecule has 8 nitrogen and oxygen atoms in total. The average molecular weight is 607 g/mol. The molecule has 1 aliphatic carbocycles. The lowest BCUT2D eigenvalue weighted by atomic mass is 9.88. The molecule has 1 aromatic heterocycles. The summed E-state index contributed by atoms with van der Waals surface area (Å²) >= 11 is 1.51. The van der Waals surface area contributed by atoms with Crippen LogP contribution in [0, 0.1) is 0 Å². The Bertz CT molecular complexity index is 1300. The quantitative estimate of drug-likeness (QED) is 0.279. The fourth-order valence-corrected chi connectivity index (χ4v) is 5.63. The van der Waals surface area contributed by atoms with Crippen LogP contribution >= 0.6 is 11.3 Å². The number of aliphatic hydroxyl groups is 1. The summed E-state index contributed by atoms with van der Waals surface area (Å²) in [5.74, 6) is -0.759. The van der Waals surface area contributed by atoms with Crippen molar-refractivity contribution < 1.29 is 19.5 Å². The maximum Gasteiger partial charge on any atom is 0.246 e. The Morgan fingerprint density at radius 3 is 2.40 bits per heavy atom. The first-order valence-electron chi connectivity index (χ1n) is 14.7. The van der Waals surface area contributed by atoms with Gasteiger partial charge in [-0.15, -0.1) is 11.3 Å². The second-order valence-electron chi connectivity index (χ2n) is 12.0. The molecular weight excluding hydrogens is 560 g/mol. The first kappa shape index (κ1) is 34.0. The summed E-state index contributed by atoms with van der Waals surface area (Å²) in [4.78, 5) is 44.7. The van der Waals surface area contributed by atoms with Gasteiger partial charge < -0.3 is 26.0 Å². The second kappa shape index (κ2) is 15.8. The Morgan fingerprint density at radius 2 is 1.81 bits per heavy atom. The summed E-state index contributed by atoms with van der Waals surface area (Å²) < 4.78 is 0. The molecule has 1 unspecified atom stereocenters. The normalized spacial score (nSPS) is 17.2. The van der Waals surface area contributed by atoms with Gasteiger partial charge in [0, 0.05) is 49.8 Å². The van der Waals surface area contributed by atoms with E-state index in [1.54, 1.807) is 27.1 Å². The fourth-order valence-electron chi connectivity index (χ4n) is 4.89. The number of amides is 3. The van der Waals surface area contributed by atoms with Gasteiger partial charge in [-0.2, -0.15) is 0 Å². The van der Waals surface area contributed by atoms with Crippen LogP contribution < -0.4 is 11.1 Å². The molecule has 232 valence electrons. The Labute approximate surface area is 260 Å². The molecule has 3 rings (SSSR count). The Kier molecular flexibility index (Phi) is 12.5. The number of nitrogens with two attached hydrogens (primary N) is 1. The van der Waals surface area contributed by atoms with Crippen LogP contribution in [0.15, 0.2) is 83.8 Å². The lowest BCUT2D eigenvalue weighted by Gasteiger charge is -2.34. The summed E-state index contributed by atoms with van der Waals surface area (Å²) in [6.07, 6.45) is 10.7. The minimum absolute atomic E-state index is 0.0756. The minimum Gasteiger partial charge on any atom is -0.392 e. The summed E-state index contributed by atoms with van der Waals surface area (Å²) in [6.45, 7) is 5.43. The molecule has 2 aromatic rings. The fraction of sp³-hybridized carbons (Fsp3) is 0.441. The molecular formula is C34H46N4O4S. The molecule has 43 heavy (non-hydrogen) atoms. The molecule has 0 bridgehead atoms. The zero-order valence-corrected chi connectivity index (χ0v) is 26.7. The third-order valence-electron chi connectivity index (χ3n) is 7.50. The molecule has 9 heteroatoms. The lowest BCUT2D eigenvalue weighted by molar-refractivity contribution is -0.146. The molecule has 4 atom stereocenters. The highest BCUT2D eigenvalue weighted by molar-refractivity contribution is 7.09. The SMILES string of the molecule is C[C@H](O)CNC(=O)[C@@H](Cc1cccs1)N(C)C(=O)[C@@H](CC1=CCC(c2ccccc2)C=C1)N(C)C(=O)/C=C/CC(C)(C)N. The number of thiophene rings is 1. The smallest absolute Gasteiger partial charge is 0.246 e. The number of carbonyl (C=O) groups excluding carboxylic acids is 3. The van der Waals surface area contributed by atoms with Crippen LogP contribution in [-0.4, -0.2) is 77.0 Å². The predicted molar refractivity (Wildman–Crippen MR) is 173 cm³/mol. The van der Waals surface area contributed by atoms with Crippen LogP contribution in [0.1, 0.15) is 56.4 Å². The number of aliphatic hydroxyl groups excluding tert-OH is 1. The van der Waals surface area contributed by atoms with Crippen molar-refractivity contribution in [2.75, 3.05) is 20.6 Å². The number of carbonyl (C=O) groups is 3. The van der Waals surface area contributed by atoms with E-state index in [0.29, 0.717) is 19.3 Å². The third-order valence-corrected chi connectivity index (χ3v) is 8.40. The molecule has 1 aromatic carbocycles. The number of allylic oxidation sites excluding steroid dienone is 3. The van der Waals surface area contributed by atoms with Crippen LogP contribution in [0.2, 0.25) is 0 Å². The van der Waals surface area contributed by atoms with E-state index in [1.807, 2.05) is 55.6 Å². The topological polar surface area (TPSA) is 116 Å². The third kappa shape index (κ3) is 10.6. The zero-order valence-electron chi connectivity index (χ0n) is 25.9. The van der Waals surface area contributed by atoms with Crippen molar-refractivity contribution in [1.29, 1.82) is 0 Å². The molecule has 0 saturated heterocycles. The van der Waals surface area contributed by atoms with Crippen LogP contribution in [0.5, 0.6) is 0 Å². The van der Waals surface area contributed by atoms with Crippen LogP contribution in [0.25, 0.3) is 0 Å². The second-order valence-corrected chi connectivity index (χ2v) is 13.0. The van der Waals surface area contributed by atoms with Gasteiger partial charge in [-0.1, -0.05) is 60.7 Å². The Hall–Kier alpha value is -3.53. The number of nitrogens with zero attached hydrogens (tertiary/aromatic N) is 2. The molecule has 0 fully saturated rings. The van der Waals surface area contributed by atoms with E-state index in [-0.39, 0.29) is 30.2 Å². The number of hydrogen-bond acceptors (Lipinski definition) is 6. The van der Waals surface area contributed by atoms with E-state index in [9.17, 15) is 19.5 Å². The molecule has 1 aliphatic rings. The highest BCUT2D eigenvalue weighted by Gasteiger charge is 2.35. The monoisotopic (exact) mass is 606 g/mol. The summed E-state index contributed by atoms with van der Waals surface area (Å²) in [5.41, 5.74) is 7.79.